The van der Waals surface area contributed by atoms with E-state index in [-0.39, 0.29) is 23.5 Å². The molecule has 1 aromatic carbocycles. The third-order valence-corrected chi connectivity index (χ3v) is 3.16. The van der Waals surface area contributed by atoms with Crippen molar-refractivity contribution in [3.63, 3.8) is 0 Å². The number of H-pyrrole nitrogens is 1. The number of hydrogen-bond acceptors (Lipinski definition) is 7. The van der Waals surface area contributed by atoms with Crippen molar-refractivity contribution in [3.8, 4) is 0 Å². The molecule has 0 amide bonds. The first-order valence-corrected chi connectivity index (χ1v) is 6.52. The molecule has 22 heavy (non-hydrogen) atoms. The number of aromatic amines is 1. The molecular formula is C13H13N7O2. The van der Waals surface area contributed by atoms with Crippen LogP contribution in [-0.2, 0) is 0 Å². The Morgan fingerprint density at radius 1 is 1.36 bits per heavy atom. The van der Waals surface area contributed by atoms with Crippen LogP contribution in [0.15, 0.2) is 30.5 Å². The Morgan fingerprint density at radius 3 is 2.82 bits per heavy atom. The van der Waals surface area contributed by atoms with Gasteiger partial charge < -0.3 is 16.0 Å². The number of para-hydroxylation sites is 2. The monoisotopic (exact) mass is 299 g/mol. The number of benzene rings is 1. The molecule has 4 N–H and O–H groups in total. The molecule has 1 unspecified atom stereocenters. The van der Waals surface area contributed by atoms with E-state index >= 15 is 0 Å². The topological polar surface area (TPSA) is 136 Å². The SMILES string of the molecule is CC(Nc1ncc([N+](=O)[O-])c(N)n1)c1nc2ccccc2[nH]1. The van der Waals surface area contributed by atoms with E-state index in [4.69, 9.17) is 5.73 Å². The smallest absolute Gasteiger partial charge is 0.329 e. The molecular weight excluding hydrogens is 286 g/mol. The normalized spacial score (nSPS) is 12.2. The quantitative estimate of drug-likeness (QED) is 0.495. The average Bonchev–Trinajstić information content (AvgIpc) is 2.91. The number of nitrogens with one attached hydrogen (secondary N) is 2. The zero-order valence-corrected chi connectivity index (χ0v) is 11.6. The van der Waals surface area contributed by atoms with Crippen molar-refractivity contribution in [2.24, 2.45) is 0 Å². The van der Waals surface area contributed by atoms with E-state index < -0.39 is 4.92 Å². The number of aromatic nitrogens is 4. The molecule has 1 atom stereocenters. The summed E-state index contributed by atoms with van der Waals surface area (Å²) in [5, 5.41) is 13.7. The number of fused-ring (bicyclic) bond motifs is 1. The number of rotatable bonds is 4. The molecule has 9 nitrogen and oxygen atoms in total. The van der Waals surface area contributed by atoms with Gasteiger partial charge in [-0.2, -0.15) is 4.98 Å². The fourth-order valence-corrected chi connectivity index (χ4v) is 2.04. The van der Waals surface area contributed by atoms with Gasteiger partial charge in [-0.25, -0.2) is 9.97 Å². The molecule has 0 aliphatic heterocycles. The fraction of sp³-hybridized carbons (Fsp3) is 0.154. The molecule has 2 aromatic heterocycles. The molecule has 0 spiro atoms. The summed E-state index contributed by atoms with van der Waals surface area (Å²) in [7, 11) is 0. The van der Waals surface area contributed by atoms with Gasteiger partial charge in [0.2, 0.25) is 11.8 Å². The van der Waals surface area contributed by atoms with Crippen molar-refractivity contribution >= 4 is 28.5 Å². The van der Waals surface area contributed by atoms with Gasteiger partial charge in [0.15, 0.2) is 0 Å². The molecule has 0 aliphatic rings. The lowest BCUT2D eigenvalue weighted by atomic mass is 10.3. The summed E-state index contributed by atoms with van der Waals surface area (Å²) in [5.41, 5.74) is 7.01. The van der Waals surface area contributed by atoms with Gasteiger partial charge in [-0.3, -0.25) is 10.1 Å². The molecule has 3 aromatic rings. The van der Waals surface area contributed by atoms with Crippen molar-refractivity contribution in [2.45, 2.75) is 13.0 Å². The van der Waals surface area contributed by atoms with Crippen LogP contribution in [0.1, 0.15) is 18.8 Å². The summed E-state index contributed by atoms with van der Waals surface area (Å²) in [4.78, 5) is 25.5. The van der Waals surface area contributed by atoms with E-state index in [2.05, 4.69) is 25.3 Å². The largest absolute Gasteiger partial charge is 0.378 e. The van der Waals surface area contributed by atoms with Crippen LogP contribution < -0.4 is 11.1 Å². The Morgan fingerprint density at radius 2 is 2.14 bits per heavy atom. The second-order valence-corrected chi connectivity index (χ2v) is 4.73. The Labute approximate surface area is 124 Å². The van der Waals surface area contributed by atoms with Crippen LogP contribution in [0.5, 0.6) is 0 Å². The Bertz CT molecular complexity index is 812. The minimum atomic E-state index is -0.623. The van der Waals surface area contributed by atoms with Gasteiger partial charge in [-0.05, 0) is 19.1 Å². The van der Waals surface area contributed by atoms with Crippen molar-refractivity contribution in [2.75, 3.05) is 11.1 Å². The van der Waals surface area contributed by atoms with Crippen LogP contribution >= 0.6 is 0 Å². The van der Waals surface area contributed by atoms with Crippen molar-refractivity contribution < 1.29 is 4.92 Å². The Kier molecular flexibility index (Phi) is 3.30. The first-order chi connectivity index (χ1) is 10.5. The van der Waals surface area contributed by atoms with Crippen LogP contribution in [0.4, 0.5) is 17.5 Å². The predicted molar refractivity (Wildman–Crippen MR) is 81.2 cm³/mol. The molecule has 3 rings (SSSR count). The van der Waals surface area contributed by atoms with E-state index in [9.17, 15) is 10.1 Å². The van der Waals surface area contributed by atoms with Crippen molar-refractivity contribution in [1.82, 2.24) is 19.9 Å². The van der Waals surface area contributed by atoms with Crippen LogP contribution in [0.3, 0.4) is 0 Å². The summed E-state index contributed by atoms with van der Waals surface area (Å²) < 4.78 is 0. The highest BCUT2D eigenvalue weighted by atomic mass is 16.6. The van der Waals surface area contributed by atoms with Crippen LogP contribution in [0, 0.1) is 10.1 Å². The predicted octanol–water partition coefficient (Wildman–Crippen LogP) is 2.02. The molecule has 2 heterocycles. The number of nitrogens with two attached hydrogens (primary N) is 1. The lowest BCUT2D eigenvalue weighted by Crippen LogP contribution is -2.12. The van der Waals surface area contributed by atoms with Crippen LogP contribution in [0.2, 0.25) is 0 Å². The average molecular weight is 299 g/mol. The highest BCUT2D eigenvalue weighted by molar-refractivity contribution is 5.74. The van der Waals surface area contributed by atoms with E-state index in [0.717, 1.165) is 17.2 Å². The highest BCUT2D eigenvalue weighted by Gasteiger charge is 2.16. The Hall–Kier alpha value is -3.23. The van der Waals surface area contributed by atoms with E-state index in [1.807, 2.05) is 31.2 Å². The molecule has 0 aliphatic carbocycles. The number of nitrogen functional groups attached to an aromatic ring is 1. The number of anilines is 2. The van der Waals surface area contributed by atoms with E-state index in [1.54, 1.807) is 0 Å². The van der Waals surface area contributed by atoms with Gasteiger partial charge in [0.25, 0.3) is 0 Å². The first kappa shape index (κ1) is 13.7. The standard InChI is InChI=1S/C13H13N7O2/c1-7(12-17-8-4-2-3-5-9(8)18-12)16-13-15-6-10(20(21)22)11(14)19-13/h2-7H,1H3,(H,17,18)(H3,14,15,16,19). The van der Waals surface area contributed by atoms with Gasteiger partial charge in [-0.15, -0.1) is 0 Å². The third kappa shape index (κ3) is 2.51. The minimum Gasteiger partial charge on any atom is -0.378 e. The molecule has 0 saturated heterocycles. The number of imidazole rings is 1. The highest BCUT2D eigenvalue weighted by Crippen LogP contribution is 2.21. The maximum Gasteiger partial charge on any atom is 0.329 e. The van der Waals surface area contributed by atoms with Gasteiger partial charge >= 0.3 is 5.69 Å². The van der Waals surface area contributed by atoms with Gasteiger partial charge in [0.05, 0.1) is 22.0 Å². The summed E-state index contributed by atoms with van der Waals surface area (Å²) in [6.45, 7) is 1.87. The molecule has 0 bridgehead atoms. The lowest BCUT2D eigenvalue weighted by molar-refractivity contribution is -0.384. The van der Waals surface area contributed by atoms with Crippen LogP contribution in [0.25, 0.3) is 11.0 Å². The van der Waals surface area contributed by atoms with E-state index in [0.29, 0.717) is 5.82 Å². The number of nitro groups is 1. The summed E-state index contributed by atoms with van der Waals surface area (Å²) in [5.74, 6) is 0.733. The maximum atomic E-state index is 10.7. The van der Waals surface area contributed by atoms with E-state index in [1.165, 1.54) is 0 Å². The minimum absolute atomic E-state index is 0.181. The fourth-order valence-electron chi connectivity index (χ4n) is 2.04. The molecule has 9 heteroatoms. The van der Waals surface area contributed by atoms with Crippen LogP contribution in [-0.4, -0.2) is 24.9 Å². The second-order valence-electron chi connectivity index (χ2n) is 4.73. The number of nitrogens with zero attached hydrogens (tertiary/aromatic N) is 4. The summed E-state index contributed by atoms with van der Waals surface area (Å²) >= 11 is 0. The first-order valence-electron chi connectivity index (χ1n) is 6.52. The van der Waals surface area contributed by atoms with Crippen molar-refractivity contribution in [3.05, 3.63) is 46.4 Å². The molecule has 0 fully saturated rings. The maximum absolute atomic E-state index is 10.7. The molecule has 112 valence electrons. The zero-order valence-electron chi connectivity index (χ0n) is 11.6. The third-order valence-electron chi connectivity index (χ3n) is 3.16. The molecule has 0 radical (unpaired) electrons. The van der Waals surface area contributed by atoms with Gasteiger partial charge in [0, 0.05) is 0 Å². The lowest BCUT2D eigenvalue weighted by Gasteiger charge is -2.11. The summed E-state index contributed by atoms with van der Waals surface area (Å²) in [6, 6.07) is 7.45. The Balaban J connectivity index is 1.83. The second kappa shape index (κ2) is 5.28. The van der Waals surface area contributed by atoms with Gasteiger partial charge in [0.1, 0.15) is 12.0 Å². The zero-order chi connectivity index (χ0) is 15.7. The molecule has 0 saturated carbocycles. The summed E-state index contributed by atoms with van der Waals surface area (Å²) in [6.07, 6.45) is 1.08. The number of hydrogen-bond donors (Lipinski definition) is 3. The van der Waals surface area contributed by atoms with Gasteiger partial charge in [-0.1, -0.05) is 12.1 Å². The van der Waals surface area contributed by atoms with Crippen molar-refractivity contribution in [1.29, 1.82) is 0 Å².